The number of nitrogens with one attached hydrogen (secondary N) is 2. The SMILES string of the molecule is Cc1cc(Nc2ccc(C=O)nc2)cc(N2CCNCC2)c1. The van der Waals surface area contributed by atoms with Crippen molar-refractivity contribution in [1.82, 2.24) is 10.3 Å². The number of carbonyl (C=O) groups is 1. The fourth-order valence-corrected chi connectivity index (χ4v) is 2.66. The van der Waals surface area contributed by atoms with Gasteiger partial charge in [-0.25, -0.2) is 0 Å². The molecule has 0 aliphatic carbocycles. The van der Waals surface area contributed by atoms with Crippen LogP contribution < -0.4 is 15.5 Å². The second kappa shape index (κ2) is 6.58. The zero-order chi connectivity index (χ0) is 15.4. The van der Waals surface area contributed by atoms with Gasteiger partial charge in [-0.2, -0.15) is 0 Å². The van der Waals surface area contributed by atoms with Crippen LogP contribution in [0.3, 0.4) is 0 Å². The van der Waals surface area contributed by atoms with E-state index in [1.165, 1.54) is 11.3 Å². The van der Waals surface area contributed by atoms with Crippen molar-refractivity contribution in [2.45, 2.75) is 6.92 Å². The smallest absolute Gasteiger partial charge is 0.168 e. The van der Waals surface area contributed by atoms with E-state index in [-0.39, 0.29) is 0 Å². The van der Waals surface area contributed by atoms with Gasteiger partial charge in [0.1, 0.15) is 5.69 Å². The summed E-state index contributed by atoms with van der Waals surface area (Å²) in [4.78, 5) is 17.1. The Labute approximate surface area is 130 Å². The number of hydrogen-bond acceptors (Lipinski definition) is 5. The van der Waals surface area contributed by atoms with Crippen molar-refractivity contribution in [3.8, 4) is 0 Å². The number of benzene rings is 1. The molecule has 1 aliphatic rings. The molecule has 3 rings (SSSR count). The van der Waals surface area contributed by atoms with Crippen molar-refractivity contribution in [3.05, 3.63) is 47.8 Å². The molecule has 0 bridgehead atoms. The van der Waals surface area contributed by atoms with E-state index >= 15 is 0 Å². The fraction of sp³-hybridized carbons (Fsp3) is 0.294. The van der Waals surface area contributed by atoms with Crippen LogP contribution in [0.4, 0.5) is 17.1 Å². The molecule has 114 valence electrons. The number of rotatable bonds is 4. The molecule has 1 aromatic heterocycles. The topological polar surface area (TPSA) is 57.3 Å². The van der Waals surface area contributed by atoms with Gasteiger partial charge in [-0.15, -0.1) is 0 Å². The molecule has 0 amide bonds. The second-order valence-electron chi connectivity index (χ2n) is 5.51. The number of carbonyl (C=O) groups excluding carboxylic acids is 1. The Kier molecular flexibility index (Phi) is 4.34. The van der Waals surface area contributed by atoms with E-state index in [4.69, 9.17) is 0 Å². The van der Waals surface area contributed by atoms with E-state index in [2.05, 4.69) is 45.6 Å². The standard InChI is InChI=1S/C17H20N4O/c1-13-8-16(20-14-2-3-15(12-22)19-11-14)10-17(9-13)21-6-4-18-5-7-21/h2-3,8-12,18,20H,4-7H2,1H3. The largest absolute Gasteiger partial charge is 0.369 e. The van der Waals surface area contributed by atoms with Crippen LogP contribution in [0.25, 0.3) is 0 Å². The molecule has 2 N–H and O–H groups in total. The molecule has 0 spiro atoms. The molecular formula is C17H20N4O. The first-order chi connectivity index (χ1) is 10.7. The number of nitrogens with zero attached hydrogens (tertiary/aromatic N) is 2. The number of pyridine rings is 1. The molecule has 1 aromatic carbocycles. The van der Waals surface area contributed by atoms with Crippen LogP contribution in [-0.4, -0.2) is 37.4 Å². The highest BCUT2D eigenvalue weighted by Gasteiger charge is 2.11. The van der Waals surface area contributed by atoms with Crippen LogP contribution in [-0.2, 0) is 0 Å². The molecule has 5 heteroatoms. The van der Waals surface area contributed by atoms with Crippen LogP contribution >= 0.6 is 0 Å². The lowest BCUT2D eigenvalue weighted by Gasteiger charge is -2.30. The first-order valence-electron chi connectivity index (χ1n) is 7.50. The molecule has 1 fully saturated rings. The predicted octanol–water partition coefficient (Wildman–Crippen LogP) is 2.36. The summed E-state index contributed by atoms with van der Waals surface area (Å²) in [7, 11) is 0. The van der Waals surface area contributed by atoms with Crippen LogP contribution in [0.5, 0.6) is 0 Å². The van der Waals surface area contributed by atoms with Gasteiger partial charge in [0.25, 0.3) is 0 Å². The molecule has 22 heavy (non-hydrogen) atoms. The third-order valence-corrected chi connectivity index (χ3v) is 3.74. The van der Waals surface area contributed by atoms with Crippen molar-refractivity contribution in [2.75, 3.05) is 36.4 Å². The number of piperazine rings is 1. The summed E-state index contributed by atoms with van der Waals surface area (Å²) in [5.41, 5.74) is 4.81. The minimum absolute atomic E-state index is 0.441. The van der Waals surface area contributed by atoms with E-state index in [9.17, 15) is 4.79 Å². The van der Waals surface area contributed by atoms with Crippen molar-refractivity contribution in [2.24, 2.45) is 0 Å². The van der Waals surface area contributed by atoms with E-state index < -0.39 is 0 Å². The highest BCUT2D eigenvalue weighted by Crippen LogP contribution is 2.25. The summed E-state index contributed by atoms with van der Waals surface area (Å²) in [6, 6.07) is 10.1. The number of anilines is 3. The maximum atomic E-state index is 10.6. The third-order valence-electron chi connectivity index (χ3n) is 3.74. The Morgan fingerprint density at radius 3 is 2.68 bits per heavy atom. The average molecular weight is 296 g/mol. The summed E-state index contributed by atoms with van der Waals surface area (Å²) < 4.78 is 0. The van der Waals surface area contributed by atoms with E-state index in [0.29, 0.717) is 5.69 Å². The van der Waals surface area contributed by atoms with E-state index in [0.717, 1.165) is 43.8 Å². The normalized spacial score (nSPS) is 14.7. The third kappa shape index (κ3) is 3.43. The first-order valence-corrected chi connectivity index (χ1v) is 7.50. The van der Waals surface area contributed by atoms with Gasteiger partial charge < -0.3 is 15.5 Å². The van der Waals surface area contributed by atoms with Crippen molar-refractivity contribution < 1.29 is 4.79 Å². The summed E-state index contributed by atoms with van der Waals surface area (Å²) in [6.45, 7) is 6.20. The Bertz CT molecular complexity index is 648. The molecular weight excluding hydrogens is 276 g/mol. The van der Waals surface area contributed by atoms with Gasteiger partial charge in [-0.3, -0.25) is 9.78 Å². The molecule has 2 aromatic rings. The second-order valence-corrected chi connectivity index (χ2v) is 5.51. The van der Waals surface area contributed by atoms with Gasteiger partial charge in [-0.1, -0.05) is 0 Å². The van der Waals surface area contributed by atoms with Crippen molar-refractivity contribution >= 4 is 23.3 Å². The van der Waals surface area contributed by atoms with Crippen LogP contribution in [0.15, 0.2) is 36.5 Å². The van der Waals surface area contributed by atoms with Gasteiger partial charge in [0.15, 0.2) is 6.29 Å². The van der Waals surface area contributed by atoms with Gasteiger partial charge in [-0.05, 0) is 42.8 Å². The van der Waals surface area contributed by atoms with Gasteiger partial charge >= 0.3 is 0 Å². The van der Waals surface area contributed by atoms with E-state index in [1.54, 1.807) is 12.3 Å². The molecule has 0 atom stereocenters. The van der Waals surface area contributed by atoms with Crippen molar-refractivity contribution in [1.29, 1.82) is 0 Å². The molecule has 1 saturated heterocycles. The molecule has 0 saturated carbocycles. The van der Waals surface area contributed by atoms with Gasteiger partial charge in [0.2, 0.25) is 0 Å². The first kappa shape index (κ1) is 14.5. The summed E-state index contributed by atoms with van der Waals surface area (Å²) >= 11 is 0. The summed E-state index contributed by atoms with van der Waals surface area (Å²) in [5.74, 6) is 0. The predicted molar refractivity (Wildman–Crippen MR) is 89.2 cm³/mol. The zero-order valence-corrected chi connectivity index (χ0v) is 12.7. The Morgan fingerprint density at radius 1 is 1.18 bits per heavy atom. The molecule has 1 aliphatic heterocycles. The Balaban J connectivity index is 1.80. The minimum Gasteiger partial charge on any atom is -0.369 e. The van der Waals surface area contributed by atoms with Crippen molar-refractivity contribution in [3.63, 3.8) is 0 Å². The monoisotopic (exact) mass is 296 g/mol. The molecule has 0 unspecified atom stereocenters. The minimum atomic E-state index is 0.441. The zero-order valence-electron chi connectivity index (χ0n) is 12.7. The quantitative estimate of drug-likeness (QED) is 0.848. The number of aromatic nitrogens is 1. The van der Waals surface area contributed by atoms with Gasteiger partial charge in [0.05, 0.1) is 11.9 Å². The lowest BCUT2D eigenvalue weighted by atomic mass is 10.1. The van der Waals surface area contributed by atoms with Crippen LogP contribution in [0, 0.1) is 6.92 Å². The summed E-state index contributed by atoms with van der Waals surface area (Å²) in [6.07, 6.45) is 2.43. The number of aryl methyl sites for hydroxylation is 1. The fourth-order valence-electron chi connectivity index (χ4n) is 2.66. The summed E-state index contributed by atoms with van der Waals surface area (Å²) in [5, 5.41) is 6.73. The Hall–Kier alpha value is -2.40. The Morgan fingerprint density at radius 2 is 2.00 bits per heavy atom. The number of aldehydes is 1. The highest BCUT2D eigenvalue weighted by atomic mass is 16.1. The lowest BCUT2D eigenvalue weighted by Crippen LogP contribution is -2.43. The van der Waals surface area contributed by atoms with E-state index in [1.807, 2.05) is 6.07 Å². The molecule has 0 radical (unpaired) electrons. The number of hydrogen-bond donors (Lipinski definition) is 2. The molecule has 2 heterocycles. The maximum Gasteiger partial charge on any atom is 0.168 e. The lowest BCUT2D eigenvalue weighted by molar-refractivity contribution is 0.111. The van der Waals surface area contributed by atoms with Crippen LogP contribution in [0.1, 0.15) is 16.1 Å². The average Bonchev–Trinajstić information content (AvgIpc) is 2.56. The highest BCUT2D eigenvalue weighted by molar-refractivity contribution is 5.73. The van der Waals surface area contributed by atoms with Gasteiger partial charge in [0, 0.05) is 37.6 Å². The molecule has 5 nitrogen and oxygen atoms in total. The van der Waals surface area contributed by atoms with Crippen LogP contribution in [0.2, 0.25) is 0 Å². The maximum absolute atomic E-state index is 10.6.